The molecular formula is C13H23N3O3. The number of hydrogen-bond donors (Lipinski definition) is 3. The van der Waals surface area contributed by atoms with Crippen LogP contribution < -0.4 is 16.0 Å². The van der Waals surface area contributed by atoms with E-state index in [0.717, 1.165) is 25.8 Å². The molecule has 1 heterocycles. The third-order valence-corrected chi connectivity index (χ3v) is 3.53. The van der Waals surface area contributed by atoms with E-state index in [2.05, 4.69) is 16.0 Å². The van der Waals surface area contributed by atoms with Gasteiger partial charge in [0, 0.05) is 0 Å². The highest BCUT2D eigenvalue weighted by molar-refractivity contribution is 5.90. The molecule has 3 atom stereocenters. The molecule has 0 spiro atoms. The van der Waals surface area contributed by atoms with E-state index >= 15 is 0 Å². The van der Waals surface area contributed by atoms with E-state index < -0.39 is 6.04 Å². The number of carbonyl (C=O) groups is 3. The van der Waals surface area contributed by atoms with Crippen LogP contribution in [0.4, 0.5) is 0 Å². The molecule has 6 heteroatoms. The van der Waals surface area contributed by atoms with E-state index in [4.69, 9.17) is 0 Å². The summed E-state index contributed by atoms with van der Waals surface area (Å²) in [5.41, 5.74) is 0. The van der Waals surface area contributed by atoms with Crippen molar-refractivity contribution in [3.05, 3.63) is 0 Å². The van der Waals surface area contributed by atoms with E-state index in [1.807, 2.05) is 13.8 Å². The Morgan fingerprint density at radius 3 is 2.74 bits per heavy atom. The molecule has 0 bridgehead atoms. The standard InChI is InChI=1S/C13H23N3O3/c1-3-9(2)11(13(19)15-7-8-17)16-12(18)10-5-4-6-14-10/h8-11,14H,3-7H2,1-2H3,(H,15,19)(H,16,18). The zero-order chi connectivity index (χ0) is 14.3. The summed E-state index contributed by atoms with van der Waals surface area (Å²) in [6.45, 7) is 4.69. The SMILES string of the molecule is CCC(C)C(NC(=O)C1CCCN1)C(=O)NCC=O. The van der Waals surface area contributed by atoms with Crippen molar-refractivity contribution in [1.29, 1.82) is 0 Å². The summed E-state index contributed by atoms with van der Waals surface area (Å²) < 4.78 is 0. The average molecular weight is 269 g/mol. The summed E-state index contributed by atoms with van der Waals surface area (Å²) in [6, 6.07) is -0.787. The molecular weight excluding hydrogens is 246 g/mol. The molecule has 6 nitrogen and oxygen atoms in total. The minimum Gasteiger partial charge on any atom is -0.348 e. The van der Waals surface area contributed by atoms with E-state index in [-0.39, 0.29) is 30.3 Å². The molecule has 19 heavy (non-hydrogen) atoms. The topological polar surface area (TPSA) is 87.3 Å². The minimum atomic E-state index is -0.583. The van der Waals surface area contributed by atoms with Crippen LogP contribution in [0.2, 0.25) is 0 Å². The lowest BCUT2D eigenvalue weighted by molar-refractivity contribution is -0.131. The minimum absolute atomic E-state index is 0.0245. The lowest BCUT2D eigenvalue weighted by atomic mass is 9.98. The van der Waals surface area contributed by atoms with E-state index in [0.29, 0.717) is 6.29 Å². The van der Waals surface area contributed by atoms with Gasteiger partial charge in [-0.3, -0.25) is 9.59 Å². The average Bonchev–Trinajstić information content (AvgIpc) is 2.95. The quantitative estimate of drug-likeness (QED) is 0.548. The highest BCUT2D eigenvalue weighted by atomic mass is 16.2. The first-order valence-corrected chi connectivity index (χ1v) is 6.85. The van der Waals surface area contributed by atoms with Gasteiger partial charge in [0.15, 0.2) is 0 Å². The highest BCUT2D eigenvalue weighted by Gasteiger charge is 2.29. The van der Waals surface area contributed by atoms with Crippen LogP contribution >= 0.6 is 0 Å². The number of aldehydes is 1. The zero-order valence-corrected chi connectivity index (χ0v) is 11.6. The second-order valence-electron chi connectivity index (χ2n) is 4.93. The van der Waals surface area contributed by atoms with Gasteiger partial charge in [-0.1, -0.05) is 20.3 Å². The summed E-state index contributed by atoms with van der Waals surface area (Å²) in [7, 11) is 0. The number of carbonyl (C=O) groups excluding carboxylic acids is 3. The Morgan fingerprint density at radius 1 is 1.47 bits per heavy atom. The first-order valence-electron chi connectivity index (χ1n) is 6.85. The van der Waals surface area contributed by atoms with Gasteiger partial charge in [0.1, 0.15) is 12.3 Å². The summed E-state index contributed by atoms with van der Waals surface area (Å²) >= 11 is 0. The van der Waals surface area contributed by atoms with E-state index in [1.54, 1.807) is 0 Å². The molecule has 0 radical (unpaired) electrons. The molecule has 0 saturated carbocycles. The summed E-state index contributed by atoms with van der Waals surface area (Å²) in [5.74, 6) is -0.408. The largest absolute Gasteiger partial charge is 0.348 e. The van der Waals surface area contributed by atoms with E-state index in [9.17, 15) is 14.4 Å². The van der Waals surface area contributed by atoms with Crippen LogP contribution in [-0.4, -0.2) is 43.3 Å². The molecule has 0 aromatic carbocycles. The fourth-order valence-corrected chi connectivity index (χ4v) is 2.12. The lowest BCUT2D eigenvalue weighted by Gasteiger charge is -2.24. The van der Waals surface area contributed by atoms with Crippen LogP contribution in [0.15, 0.2) is 0 Å². The van der Waals surface area contributed by atoms with Crippen LogP contribution in [0.25, 0.3) is 0 Å². The molecule has 0 aliphatic carbocycles. The Kier molecular flexibility index (Phi) is 6.49. The fraction of sp³-hybridized carbons (Fsp3) is 0.769. The molecule has 1 aliphatic heterocycles. The Morgan fingerprint density at radius 2 is 2.21 bits per heavy atom. The maximum absolute atomic E-state index is 12.0. The van der Waals surface area contributed by atoms with Crippen molar-refractivity contribution in [1.82, 2.24) is 16.0 Å². The number of rotatable bonds is 7. The number of hydrogen-bond acceptors (Lipinski definition) is 4. The van der Waals surface area contributed by atoms with Gasteiger partial charge >= 0.3 is 0 Å². The second-order valence-corrected chi connectivity index (χ2v) is 4.93. The molecule has 108 valence electrons. The third kappa shape index (κ3) is 4.63. The molecule has 3 N–H and O–H groups in total. The van der Waals surface area contributed by atoms with Gasteiger partial charge in [-0.2, -0.15) is 0 Å². The first-order chi connectivity index (χ1) is 9.10. The van der Waals surface area contributed by atoms with Gasteiger partial charge in [0.2, 0.25) is 11.8 Å². The molecule has 0 aromatic rings. The maximum Gasteiger partial charge on any atom is 0.243 e. The molecule has 0 aromatic heterocycles. The van der Waals surface area contributed by atoms with Crippen molar-refractivity contribution in [2.75, 3.05) is 13.1 Å². The third-order valence-electron chi connectivity index (χ3n) is 3.53. The van der Waals surface area contributed by atoms with Crippen LogP contribution in [0, 0.1) is 5.92 Å². The first kappa shape index (κ1) is 15.6. The van der Waals surface area contributed by atoms with Gasteiger partial charge in [-0.25, -0.2) is 0 Å². The monoisotopic (exact) mass is 269 g/mol. The van der Waals surface area contributed by atoms with Crippen molar-refractivity contribution in [3.8, 4) is 0 Å². The molecule has 1 saturated heterocycles. The van der Waals surface area contributed by atoms with Gasteiger partial charge in [-0.05, 0) is 25.3 Å². The van der Waals surface area contributed by atoms with Gasteiger partial charge in [-0.15, -0.1) is 0 Å². The molecule has 3 unspecified atom stereocenters. The maximum atomic E-state index is 12.0. The van der Waals surface area contributed by atoms with Crippen molar-refractivity contribution >= 4 is 18.1 Å². The number of amides is 2. The smallest absolute Gasteiger partial charge is 0.243 e. The normalized spacial score (nSPS) is 21.5. The predicted molar refractivity (Wildman–Crippen MR) is 71.5 cm³/mol. The highest BCUT2D eigenvalue weighted by Crippen LogP contribution is 2.10. The Bertz CT molecular complexity index is 327. The molecule has 1 fully saturated rings. The Balaban J connectivity index is 2.60. The van der Waals surface area contributed by atoms with E-state index in [1.165, 1.54) is 0 Å². The lowest BCUT2D eigenvalue weighted by Crippen LogP contribution is -2.54. The summed E-state index contributed by atoms with van der Waals surface area (Å²) in [6.07, 6.45) is 3.18. The van der Waals surface area contributed by atoms with Gasteiger partial charge in [0.05, 0.1) is 12.6 Å². The van der Waals surface area contributed by atoms with Crippen molar-refractivity contribution in [3.63, 3.8) is 0 Å². The van der Waals surface area contributed by atoms with Crippen LogP contribution in [-0.2, 0) is 14.4 Å². The van der Waals surface area contributed by atoms with Crippen LogP contribution in [0.1, 0.15) is 33.1 Å². The van der Waals surface area contributed by atoms with Crippen molar-refractivity contribution in [2.45, 2.75) is 45.2 Å². The molecule has 1 aliphatic rings. The molecule has 1 rings (SSSR count). The van der Waals surface area contributed by atoms with Crippen molar-refractivity contribution < 1.29 is 14.4 Å². The second kappa shape index (κ2) is 7.89. The zero-order valence-electron chi connectivity index (χ0n) is 11.6. The fourth-order valence-electron chi connectivity index (χ4n) is 2.12. The Hall–Kier alpha value is -1.43. The van der Waals surface area contributed by atoms with Crippen molar-refractivity contribution in [2.24, 2.45) is 5.92 Å². The van der Waals surface area contributed by atoms with Crippen LogP contribution in [0.3, 0.4) is 0 Å². The summed E-state index contributed by atoms with van der Waals surface area (Å²) in [4.78, 5) is 34.3. The molecule has 2 amide bonds. The van der Waals surface area contributed by atoms with Gasteiger partial charge < -0.3 is 20.7 Å². The van der Waals surface area contributed by atoms with Gasteiger partial charge in [0.25, 0.3) is 0 Å². The predicted octanol–water partition coefficient (Wildman–Crippen LogP) is -0.416. The number of nitrogens with one attached hydrogen (secondary N) is 3. The van der Waals surface area contributed by atoms with Crippen LogP contribution in [0.5, 0.6) is 0 Å². The summed E-state index contributed by atoms with van der Waals surface area (Å²) in [5, 5.41) is 8.39. The Labute approximate surface area is 113 Å².